The van der Waals surface area contributed by atoms with Gasteiger partial charge < -0.3 is 14.3 Å². The first kappa shape index (κ1) is 14.7. The van der Waals surface area contributed by atoms with Crippen molar-refractivity contribution in [2.45, 2.75) is 18.9 Å². The Labute approximate surface area is 117 Å². The Kier molecular flexibility index (Phi) is 4.25. The zero-order valence-electron chi connectivity index (χ0n) is 10.0. The van der Waals surface area contributed by atoms with Crippen LogP contribution in [0.1, 0.15) is 17.2 Å². The minimum absolute atomic E-state index is 0.0922. The molecule has 0 fully saturated rings. The molecule has 1 aromatic heterocycles. The summed E-state index contributed by atoms with van der Waals surface area (Å²) in [4.78, 5) is 0. The predicted octanol–water partition coefficient (Wildman–Crippen LogP) is 4.11. The van der Waals surface area contributed by atoms with Crippen LogP contribution in [0.4, 0.5) is 13.2 Å². The van der Waals surface area contributed by atoms with E-state index in [4.69, 9.17) is 16.0 Å². The first-order chi connectivity index (χ1) is 9.35. The zero-order valence-corrected chi connectivity index (χ0v) is 10.8. The largest absolute Gasteiger partial charge is 0.573 e. The van der Waals surface area contributed by atoms with Crippen molar-refractivity contribution in [3.63, 3.8) is 0 Å². The van der Waals surface area contributed by atoms with Gasteiger partial charge in [-0.3, -0.25) is 0 Å². The number of benzene rings is 1. The van der Waals surface area contributed by atoms with Gasteiger partial charge in [0.15, 0.2) is 5.22 Å². The number of hydrogen-bond acceptors (Lipinski definition) is 3. The minimum atomic E-state index is -4.72. The van der Waals surface area contributed by atoms with Gasteiger partial charge in [-0.25, -0.2) is 0 Å². The molecular formula is C13H10ClF3O3. The molecule has 0 saturated carbocycles. The lowest BCUT2D eigenvalue weighted by Gasteiger charge is -2.11. The van der Waals surface area contributed by atoms with Crippen molar-refractivity contribution >= 4 is 11.6 Å². The van der Waals surface area contributed by atoms with Crippen LogP contribution < -0.4 is 4.74 Å². The fourth-order valence-electron chi connectivity index (χ4n) is 1.70. The molecule has 1 heterocycles. The summed E-state index contributed by atoms with van der Waals surface area (Å²) in [6.45, 7) is 0. The Hall–Kier alpha value is -1.66. The van der Waals surface area contributed by atoms with Crippen molar-refractivity contribution < 1.29 is 27.4 Å². The van der Waals surface area contributed by atoms with Crippen LogP contribution in [0.2, 0.25) is 5.22 Å². The summed E-state index contributed by atoms with van der Waals surface area (Å²) < 4.78 is 44.6. The third kappa shape index (κ3) is 3.91. The number of aliphatic hydroxyl groups is 1. The van der Waals surface area contributed by atoms with E-state index < -0.39 is 12.5 Å². The summed E-state index contributed by atoms with van der Waals surface area (Å²) in [5.41, 5.74) is 1.08. The van der Waals surface area contributed by atoms with E-state index >= 15 is 0 Å². The van der Waals surface area contributed by atoms with Crippen LogP contribution in [0.15, 0.2) is 41.0 Å². The molecule has 3 nitrogen and oxygen atoms in total. The highest BCUT2D eigenvalue weighted by atomic mass is 35.5. The number of alkyl halides is 3. The average molecular weight is 307 g/mol. The molecule has 0 aliphatic heterocycles. The van der Waals surface area contributed by atoms with Crippen LogP contribution in [-0.4, -0.2) is 11.5 Å². The average Bonchev–Trinajstić information content (AvgIpc) is 2.76. The SMILES string of the molecule is OC(Cc1ccc(OC(F)(F)F)cc1)c1ccoc1Cl. The van der Waals surface area contributed by atoms with Gasteiger partial charge in [-0.2, -0.15) is 0 Å². The van der Waals surface area contributed by atoms with Crippen LogP contribution in [0, 0.1) is 0 Å². The molecule has 108 valence electrons. The van der Waals surface area contributed by atoms with Gasteiger partial charge in [-0.15, -0.1) is 13.2 Å². The summed E-state index contributed by atoms with van der Waals surface area (Å²) >= 11 is 5.73. The van der Waals surface area contributed by atoms with Crippen LogP contribution >= 0.6 is 11.6 Å². The van der Waals surface area contributed by atoms with Gasteiger partial charge in [0, 0.05) is 12.0 Å². The fraction of sp³-hybridized carbons (Fsp3) is 0.231. The smallest absolute Gasteiger partial charge is 0.453 e. The molecule has 0 bridgehead atoms. The first-order valence-electron chi connectivity index (χ1n) is 5.61. The molecule has 1 aromatic carbocycles. The maximum Gasteiger partial charge on any atom is 0.573 e. The highest BCUT2D eigenvalue weighted by molar-refractivity contribution is 6.29. The second-order valence-electron chi connectivity index (χ2n) is 4.06. The van der Waals surface area contributed by atoms with Crippen molar-refractivity contribution in [2.24, 2.45) is 0 Å². The second kappa shape index (κ2) is 5.76. The molecule has 2 rings (SSSR count). The van der Waals surface area contributed by atoms with Gasteiger partial charge >= 0.3 is 6.36 Å². The molecular weight excluding hydrogens is 297 g/mol. The number of hydrogen-bond donors (Lipinski definition) is 1. The molecule has 1 unspecified atom stereocenters. The molecule has 0 radical (unpaired) electrons. The number of rotatable bonds is 4. The summed E-state index contributed by atoms with van der Waals surface area (Å²) in [5.74, 6) is -0.308. The number of furan rings is 1. The molecule has 1 N–H and O–H groups in total. The van der Waals surface area contributed by atoms with Crippen molar-refractivity contribution in [3.05, 3.63) is 52.9 Å². The van der Waals surface area contributed by atoms with Gasteiger partial charge in [0.05, 0.1) is 12.4 Å². The fourth-order valence-corrected chi connectivity index (χ4v) is 1.94. The Morgan fingerprint density at radius 1 is 1.20 bits per heavy atom. The molecule has 0 aliphatic carbocycles. The lowest BCUT2D eigenvalue weighted by Crippen LogP contribution is -2.17. The third-order valence-electron chi connectivity index (χ3n) is 2.59. The molecule has 2 aromatic rings. The van der Waals surface area contributed by atoms with Gasteiger partial charge in [0.25, 0.3) is 0 Å². The standard InChI is InChI=1S/C13H10ClF3O3/c14-12-10(5-6-19-12)11(18)7-8-1-3-9(4-2-8)20-13(15,16)17/h1-6,11,18H,7H2. The zero-order chi connectivity index (χ0) is 14.8. The molecule has 1 atom stereocenters. The van der Waals surface area contributed by atoms with Gasteiger partial charge in [0.1, 0.15) is 5.75 Å². The van der Waals surface area contributed by atoms with Gasteiger partial charge in [-0.1, -0.05) is 12.1 Å². The highest BCUT2D eigenvalue weighted by Gasteiger charge is 2.30. The van der Waals surface area contributed by atoms with Crippen molar-refractivity contribution in [2.75, 3.05) is 0 Å². The van der Waals surface area contributed by atoms with Crippen LogP contribution in [0.3, 0.4) is 0 Å². The van der Waals surface area contributed by atoms with E-state index in [1.165, 1.54) is 36.6 Å². The molecule has 20 heavy (non-hydrogen) atoms. The molecule has 0 spiro atoms. The lowest BCUT2D eigenvalue weighted by atomic mass is 10.0. The van der Waals surface area contributed by atoms with E-state index in [0.29, 0.717) is 11.1 Å². The van der Waals surface area contributed by atoms with Crippen molar-refractivity contribution in [1.29, 1.82) is 0 Å². The minimum Gasteiger partial charge on any atom is -0.453 e. The van der Waals surface area contributed by atoms with E-state index in [0.717, 1.165) is 0 Å². The van der Waals surface area contributed by atoms with E-state index in [1.54, 1.807) is 0 Å². The maximum atomic E-state index is 12.0. The summed E-state index contributed by atoms with van der Waals surface area (Å²) in [7, 11) is 0. The normalized spacial score (nSPS) is 13.2. The third-order valence-corrected chi connectivity index (χ3v) is 2.90. The van der Waals surface area contributed by atoms with Crippen molar-refractivity contribution in [1.82, 2.24) is 0 Å². The Morgan fingerprint density at radius 2 is 1.85 bits per heavy atom. The Bertz CT molecular complexity index is 563. The molecule has 7 heteroatoms. The van der Waals surface area contributed by atoms with E-state index in [2.05, 4.69) is 4.74 Å². The monoisotopic (exact) mass is 306 g/mol. The molecule has 0 aliphatic rings. The molecule has 0 amide bonds. The quantitative estimate of drug-likeness (QED) is 0.924. The van der Waals surface area contributed by atoms with Crippen molar-refractivity contribution in [3.8, 4) is 5.75 Å². The maximum absolute atomic E-state index is 12.0. The van der Waals surface area contributed by atoms with E-state index in [1.807, 2.05) is 0 Å². The second-order valence-corrected chi connectivity index (χ2v) is 4.40. The van der Waals surface area contributed by atoms with Gasteiger partial charge in [0.2, 0.25) is 0 Å². The lowest BCUT2D eigenvalue weighted by molar-refractivity contribution is -0.274. The number of aliphatic hydroxyl groups excluding tert-OH is 1. The number of ether oxygens (including phenoxy) is 1. The predicted molar refractivity (Wildman–Crippen MR) is 65.5 cm³/mol. The summed E-state index contributed by atoms with van der Waals surface area (Å²) in [6.07, 6.45) is -4.06. The Balaban J connectivity index is 2.02. The highest BCUT2D eigenvalue weighted by Crippen LogP contribution is 2.28. The Morgan fingerprint density at radius 3 is 2.35 bits per heavy atom. The van der Waals surface area contributed by atoms with E-state index in [9.17, 15) is 18.3 Å². The molecule has 0 saturated heterocycles. The van der Waals surface area contributed by atoms with E-state index in [-0.39, 0.29) is 17.4 Å². The van der Waals surface area contributed by atoms with Crippen LogP contribution in [-0.2, 0) is 6.42 Å². The summed E-state index contributed by atoms with van der Waals surface area (Å²) in [6, 6.07) is 6.80. The van der Waals surface area contributed by atoms with Gasteiger partial charge in [-0.05, 0) is 35.4 Å². The van der Waals surface area contributed by atoms with Crippen LogP contribution in [0.25, 0.3) is 0 Å². The van der Waals surface area contributed by atoms with Crippen LogP contribution in [0.5, 0.6) is 5.75 Å². The summed E-state index contributed by atoms with van der Waals surface area (Å²) in [5, 5.41) is 10.0. The first-order valence-corrected chi connectivity index (χ1v) is 5.98. The number of halogens is 4. The topological polar surface area (TPSA) is 42.6 Å².